The van der Waals surface area contributed by atoms with Gasteiger partial charge in [0.1, 0.15) is 0 Å². The van der Waals surface area contributed by atoms with E-state index in [1.54, 1.807) is 5.57 Å². The van der Waals surface area contributed by atoms with Crippen LogP contribution in [0.2, 0.25) is 19.6 Å². The van der Waals surface area contributed by atoms with Gasteiger partial charge in [-0.15, -0.1) is 0 Å². The Morgan fingerprint density at radius 3 is 2.72 bits per heavy atom. The van der Waals surface area contributed by atoms with E-state index in [0.717, 1.165) is 12.8 Å². The molecule has 1 aromatic carbocycles. The van der Waals surface area contributed by atoms with E-state index >= 15 is 0 Å². The number of ether oxygens (including phenoxy) is 1. The van der Waals surface area contributed by atoms with Crippen molar-refractivity contribution in [2.24, 2.45) is 0 Å². The number of fused-ring (bicyclic) bond motifs is 4. The molecule has 2 aliphatic heterocycles. The first kappa shape index (κ1) is 12.2. The molecule has 1 fully saturated rings. The first-order valence-electron chi connectivity index (χ1n) is 6.98. The van der Waals surface area contributed by atoms with Crippen LogP contribution in [0.5, 0.6) is 0 Å². The molecule has 0 spiro atoms. The summed E-state index contributed by atoms with van der Waals surface area (Å²) < 4.78 is 6.26. The second-order valence-corrected chi connectivity index (χ2v) is 11.7. The van der Waals surface area contributed by atoms with Gasteiger partial charge in [0, 0.05) is 6.42 Å². The third-order valence-corrected chi connectivity index (χ3v) is 5.10. The fourth-order valence-electron chi connectivity index (χ4n) is 3.18. The average Bonchev–Trinajstić information content (AvgIpc) is 2.31. The lowest BCUT2D eigenvalue weighted by Crippen LogP contribution is -2.34. The highest BCUT2D eigenvalue weighted by Crippen LogP contribution is 2.41. The van der Waals surface area contributed by atoms with Crippen LogP contribution >= 0.6 is 0 Å². The second-order valence-electron chi connectivity index (χ2n) is 6.64. The molecular formula is C16H22OSi. The molecule has 1 nitrogen and oxygen atoms in total. The molecule has 3 rings (SSSR count). The van der Waals surface area contributed by atoms with Crippen molar-refractivity contribution in [3.8, 4) is 0 Å². The summed E-state index contributed by atoms with van der Waals surface area (Å²) in [6, 6.07) is 8.80. The fourth-order valence-corrected chi connectivity index (χ4v) is 4.62. The van der Waals surface area contributed by atoms with Crippen molar-refractivity contribution >= 4 is 8.07 Å². The van der Waals surface area contributed by atoms with Gasteiger partial charge in [-0.2, -0.15) is 0 Å². The average molecular weight is 258 g/mol. The predicted octanol–water partition coefficient (Wildman–Crippen LogP) is 4.27. The lowest BCUT2D eigenvalue weighted by Gasteiger charge is -2.39. The third kappa shape index (κ3) is 2.32. The van der Waals surface area contributed by atoms with E-state index in [-0.39, 0.29) is 0 Å². The van der Waals surface area contributed by atoms with Crippen molar-refractivity contribution in [2.45, 2.75) is 51.1 Å². The Hall–Kier alpha value is -0.863. The number of rotatable bonds is 1. The van der Waals surface area contributed by atoms with Crippen LogP contribution in [0.25, 0.3) is 0 Å². The Kier molecular flexibility index (Phi) is 2.95. The fraction of sp³-hybridized carbons (Fsp3) is 0.500. The van der Waals surface area contributed by atoms with Crippen molar-refractivity contribution in [2.75, 3.05) is 0 Å². The third-order valence-electron chi connectivity index (χ3n) is 3.86. The molecule has 1 saturated heterocycles. The highest BCUT2D eigenvalue weighted by molar-refractivity contribution is 6.81. The number of hydrogen-bond acceptors (Lipinski definition) is 1. The van der Waals surface area contributed by atoms with E-state index in [0.29, 0.717) is 12.2 Å². The van der Waals surface area contributed by atoms with E-state index in [1.165, 1.54) is 17.5 Å². The van der Waals surface area contributed by atoms with Crippen molar-refractivity contribution in [1.82, 2.24) is 0 Å². The molecule has 0 radical (unpaired) electrons. The van der Waals surface area contributed by atoms with Gasteiger partial charge in [0.25, 0.3) is 0 Å². The summed E-state index contributed by atoms with van der Waals surface area (Å²) in [4.78, 5) is 0. The van der Waals surface area contributed by atoms with Crippen molar-refractivity contribution in [1.29, 1.82) is 0 Å². The Balaban J connectivity index is 1.92. The van der Waals surface area contributed by atoms with E-state index < -0.39 is 8.07 Å². The van der Waals surface area contributed by atoms with Gasteiger partial charge in [0.2, 0.25) is 0 Å². The summed E-state index contributed by atoms with van der Waals surface area (Å²) >= 11 is 0. The summed E-state index contributed by atoms with van der Waals surface area (Å²) in [5.41, 5.74) is 7.06. The Labute approximate surface area is 111 Å². The maximum Gasteiger partial charge on any atom is 0.0839 e. The zero-order valence-corrected chi connectivity index (χ0v) is 12.6. The Morgan fingerprint density at radius 1 is 1.17 bits per heavy atom. The molecule has 18 heavy (non-hydrogen) atoms. The van der Waals surface area contributed by atoms with Gasteiger partial charge in [-0.05, 0) is 29.5 Å². The standard InChI is InChI=1S/C16H22OSi/c1-18(2,3)11-13-8-9-15-14-7-5-4-6-12(14)10-16(13)17-15/h4-7,11,15-16H,8-10H2,1-3H3/b13-11+/t15-,16-/m0/s1. The smallest absolute Gasteiger partial charge is 0.0839 e. The molecule has 0 unspecified atom stereocenters. The quantitative estimate of drug-likeness (QED) is 0.684. The lowest BCUT2D eigenvalue weighted by atomic mass is 9.84. The maximum absolute atomic E-state index is 6.26. The van der Waals surface area contributed by atoms with Gasteiger partial charge in [0.05, 0.1) is 20.3 Å². The normalized spacial score (nSPS) is 29.2. The molecular weight excluding hydrogens is 236 g/mol. The summed E-state index contributed by atoms with van der Waals surface area (Å²) in [5.74, 6) is 0. The van der Waals surface area contributed by atoms with Gasteiger partial charge in [0.15, 0.2) is 0 Å². The topological polar surface area (TPSA) is 9.23 Å². The molecule has 0 amide bonds. The summed E-state index contributed by atoms with van der Waals surface area (Å²) in [7, 11) is -1.13. The molecule has 2 aliphatic rings. The monoisotopic (exact) mass is 258 g/mol. The zero-order chi connectivity index (χ0) is 12.8. The van der Waals surface area contributed by atoms with Crippen LogP contribution < -0.4 is 0 Å². The highest BCUT2D eigenvalue weighted by Gasteiger charge is 2.34. The molecule has 2 bridgehead atoms. The summed E-state index contributed by atoms with van der Waals surface area (Å²) in [6.07, 6.45) is 4.16. The number of hydrogen-bond donors (Lipinski definition) is 0. The van der Waals surface area contributed by atoms with Gasteiger partial charge in [-0.1, -0.05) is 49.6 Å². The van der Waals surface area contributed by atoms with Gasteiger partial charge in [-0.3, -0.25) is 0 Å². The molecule has 0 aromatic heterocycles. The first-order chi connectivity index (χ1) is 8.53. The molecule has 1 aromatic rings. The number of benzene rings is 1. The van der Waals surface area contributed by atoms with Crippen LogP contribution in [0.4, 0.5) is 0 Å². The summed E-state index contributed by atoms with van der Waals surface area (Å²) in [6.45, 7) is 7.22. The summed E-state index contributed by atoms with van der Waals surface area (Å²) in [5, 5.41) is 0. The van der Waals surface area contributed by atoms with Crippen LogP contribution in [-0.2, 0) is 11.2 Å². The van der Waals surface area contributed by atoms with Crippen molar-refractivity contribution in [3.63, 3.8) is 0 Å². The first-order valence-corrected chi connectivity index (χ1v) is 10.6. The second kappa shape index (κ2) is 4.36. The molecule has 2 heterocycles. The van der Waals surface area contributed by atoms with Gasteiger partial charge < -0.3 is 4.74 Å². The van der Waals surface area contributed by atoms with Gasteiger partial charge >= 0.3 is 0 Å². The van der Waals surface area contributed by atoms with E-state index in [4.69, 9.17) is 4.74 Å². The minimum Gasteiger partial charge on any atom is -0.366 e. The molecule has 0 saturated carbocycles. The van der Waals surface area contributed by atoms with Crippen molar-refractivity contribution < 1.29 is 4.74 Å². The van der Waals surface area contributed by atoms with E-state index in [1.807, 2.05) is 0 Å². The van der Waals surface area contributed by atoms with E-state index in [9.17, 15) is 0 Å². The highest BCUT2D eigenvalue weighted by atomic mass is 28.3. The largest absolute Gasteiger partial charge is 0.366 e. The van der Waals surface area contributed by atoms with Gasteiger partial charge in [-0.25, -0.2) is 0 Å². The van der Waals surface area contributed by atoms with Crippen molar-refractivity contribution in [3.05, 3.63) is 46.7 Å². The lowest BCUT2D eigenvalue weighted by molar-refractivity contribution is -0.0317. The predicted molar refractivity (Wildman–Crippen MR) is 78.4 cm³/mol. The van der Waals surface area contributed by atoms with Crippen LogP contribution in [0.15, 0.2) is 35.5 Å². The molecule has 2 heteroatoms. The minimum absolute atomic E-state index is 0.346. The maximum atomic E-state index is 6.26. The van der Waals surface area contributed by atoms with E-state index in [2.05, 4.69) is 49.6 Å². The van der Waals surface area contributed by atoms with Crippen LogP contribution in [-0.4, -0.2) is 14.2 Å². The zero-order valence-electron chi connectivity index (χ0n) is 11.6. The Bertz CT molecular complexity index is 484. The molecule has 2 atom stereocenters. The molecule has 0 N–H and O–H groups in total. The van der Waals surface area contributed by atoms with Crippen LogP contribution in [0, 0.1) is 0 Å². The SMILES string of the molecule is C[Si](C)(C)/C=C1\CC[C@@H]2O[C@H]1Cc1ccccc12. The van der Waals surface area contributed by atoms with Crippen LogP contribution in [0.1, 0.15) is 30.1 Å². The van der Waals surface area contributed by atoms with Crippen LogP contribution in [0.3, 0.4) is 0 Å². The minimum atomic E-state index is -1.13. The molecule has 96 valence electrons. The Morgan fingerprint density at radius 2 is 1.94 bits per heavy atom. The molecule has 0 aliphatic carbocycles.